The van der Waals surface area contributed by atoms with Gasteiger partial charge in [0, 0.05) is 17.1 Å². The van der Waals surface area contributed by atoms with Crippen molar-refractivity contribution in [3.05, 3.63) is 28.2 Å². The summed E-state index contributed by atoms with van der Waals surface area (Å²) in [6.45, 7) is 2.85. The van der Waals surface area contributed by atoms with Gasteiger partial charge in [0.05, 0.1) is 5.69 Å². The Bertz CT molecular complexity index is 405. The van der Waals surface area contributed by atoms with Crippen molar-refractivity contribution in [2.75, 3.05) is 18.0 Å². The van der Waals surface area contributed by atoms with Crippen molar-refractivity contribution >= 4 is 21.6 Å². The topological polar surface area (TPSA) is 29.3 Å². The average molecular weight is 325 g/mol. The third kappa shape index (κ3) is 4.17. The SMILES string of the molecule is CCN(CC(F)(F)F)c1ccc([C@H](C)N)cc1Br. The van der Waals surface area contributed by atoms with Crippen molar-refractivity contribution < 1.29 is 13.2 Å². The molecule has 0 aliphatic rings. The molecule has 0 saturated carbocycles. The van der Waals surface area contributed by atoms with E-state index in [0.29, 0.717) is 10.2 Å². The maximum Gasteiger partial charge on any atom is 0.405 e. The van der Waals surface area contributed by atoms with Crippen LogP contribution in [0.4, 0.5) is 18.9 Å². The molecule has 0 spiro atoms. The Kier molecular flexibility index (Phi) is 5.04. The molecule has 1 atom stereocenters. The van der Waals surface area contributed by atoms with E-state index in [1.165, 1.54) is 4.90 Å². The van der Waals surface area contributed by atoms with Gasteiger partial charge in [0.1, 0.15) is 6.54 Å². The first-order valence-corrected chi connectivity index (χ1v) is 6.40. The zero-order valence-electron chi connectivity index (χ0n) is 10.3. The van der Waals surface area contributed by atoms with Crippen LogP contribution in [0.5, 0.6) is 0 Å². The van der Waals surface area contributed by atoms with Crippen molar-refractivity contribution in [1.82, 2.24) is 0 Å². The van der Waals surface area contributed by atoms with Crippen LogP contribution in [0.25, 0.3) is 0 Å². The van der Waals surface area contributed by atoms with Gasteiger partial charge in [-0.1, -0.05) is 6.07 Å². The van der Waals surface area contributed by atoms with Gasteiger partial charge in [-0.15, -0.1) is 0 Å². The van der Waals surface area contributed by atoms with E-state index in [1.807, 2.05) is 6.92 Å². The van der Waals surface area contributed by atoms with E-state index in [4.69, 9.17) is 5.73 Å². The molecule has 18 heavy (non-hydrogen) atoms. The monoisotopic (exact) mass is 324 g/mol. The fraction of sp³-hybridized carbons (Fsp3) is 0.500. The lowest BCUT2D eigenvalue weighted by molar-refractivity contribution is -0.119. The predicted octanol–water partition coefficient (Wildman–Crippen LogP) is 3.86. The molecular weight excluding hydrogens is 309 g/mol. The maximum absolute atomic E-state index is 12.4. The van der Waals surface area contributed by atoms with E-state index in [9.17, 15) is 13.2 Å². The van der Waals surface area contributed by atoms with Gasteiger partial charge in [-0.25, -0.2) is 0 Å². The Morgan fingerprint density at radius 1 is 1.39 bits per heavy atom. The Morgan fingerprint density at radius 3 is 2.39 bits per heavy atom. The highest BCUT2D eigenvalue weighted by molar-refractivity contribution is 9.10. The predicted molar refractivity (Wildman–Crippen MR) is 70.7 cm³/mol. The minimum Gasteiger partial charge on any atom is -0.362 e. The molecule has 0 bridgehead atoms. The van der Waals surface area contributed by atoms with Crippen LogP contribution in [0.3, 0.4) is 0 Å². The molecule has 2 N–H and O–H groups in total. The van der Waals surface area contributed by atoms with Gasteiger partial charge < -0.3 is 10.6 Å². The lowest BCUT2D eigenvalue weighted by Crippen LogP contribution is -2.34. The number of nitrogens with two attached hydrogens (primary N) is 1. The molecule has 102 valence electrons. The summed E-state index contributed by atoms with van der Waals surface area (Å²) >= 11 is 3.30. The van der Waals surface area contributed by atoms with E-state index in [1.54, 1.807) is 25.1 Å². The minimum atomic E-state index is -4.21. The second-order valence-electron chi connectivity index (χ2n) is 4.13. The van der Waals surface area contributed by atoms with Crippen LogP contribution in [0.15, 0.2) is 22.7 Å². The normalized spacial score (nSPS) is 13.5. The van der Waals surface area contributed by atoms with Crippen LogP contribution in [-0.2, 0) is 0 Å². The summed E-state index contributed by atoms with van der Waals surface area (Å²) in [6, 6.07) is 5.04. The smallest absolute Gasteiger partial charge is 0.362 e. The van der Waals surface area contributed by atoms with Gasteiger partial charge in [0.25, 0.3) is 0 Å². The van der Waals surface area contributed by atoms with Crippen LogP contribution < -0.4 is 10.6 Å². The van der Waals surface area contributed by atoms with Crippen molar-refractivity contribution in [1.29, 1.82) is 0 Å². The number of benzene rings is 1. The number of halogens is 4. The lowest BCUT2D eigenvalue weighted by Gasteiger charge is -2.26. The molecule has 0 aromatic heterocycles. The van der Waals surface area contributed by atoms with Crippen LogP contribution in [0.1, 0.15) is 25.5 Å². The van der Waals surface area contributed by atoms with E-state index >= 15 is 0 Å². The Morgan fingerprint density at radius 2 is 2.00 bits per heavy atom. The largest absolute Gasteiger partial charge is 0.405 e. The van der Waals surface area contributed by atoms with E-state index in [0.717, 1.165) is 5.56 Å². The number of hydrogen-bond donors (Lipinski definition) is 1. The fourth-order valence-corrected chi connectivity index (χ4v) is 2.29. The van der Waals surface area contributed by atoms with Gasteiger partial charge in [-0.2, -0.15) is 13.2 Å². The molecule has 2 nitrogen and oxygen atoms in total. The summed E-state index contributed by atoms with van der Waals surface area (Å²) in [6.07, 6.45) is -4.21. The molecule has 6 heteroatoms. The van der Waals surface area contributed by atoms with E-state index in [-0.39, 0.29) is 12.6 Å². The van der Waals surface area contributed by atoms with Crippen LogP contribution in [-0.4, -0.2) is 19.3 Å². The molecule has 1 aromatic carbocycles. The summed E-state index contributed by atoms with van der Waals surface area (Å²) in [5, 5.41) is 0. The van der Waals surface area contributed by atoms with Gasteiger partial charge in [0.2, 0.25) is 0 Å². The lowest BCUT2D eigenvalue weighted by atomic mass is 10.1. The Balaban J connectivity index is 3.00. The molecule has 0 unspecified atom stereocenters. The molecule has 1 aromatic rings. The van der Waals surface area contributed by atoms with Crippen LogP contribution >= 0.6 is 15.9 Å². The first kappa shape index (κ1) is 15.3. The molecule has 0 heterocycles. The van der Waals surface area contributed by atoms with Gasteiger partial charge in [-0.05, 0) is 47.5 Å². The second-order valence-corrected chi connectivity index (χ2v) is 4.98. The van der Waals surface area contributed by atoms with Crippen molar-refractivity contribution in [3.8, 4) is 0 Å². The highest BCUT2D eigenvalue weighted by atomic mass is 79.9. The van der Waals surface area contributed by atoms with E-state index in [2.05, 4.69) is 15.9 Å². The number of alkyl halides is 3. The Labute approximate surface area is 113 Å². The van der Waals surface area contributed by atoms with Crippen molar-refractivity contribution in [2.45, 2.75) is 26.1 Å². The summed E-state index contributed by atoms with van der Waals surface area (Å²) in [5.74, 6) is 0. The third-order valence-corrected chi connectivity index (χ3v) is 3.23. The summed E-state index contributed by atoms with van der Waals surface area (Å²) in [5.41, 5.74) is 7.14. The zero-order valence-corrected chi connectivity index (χ0v) is 11.8. The first-order chi connectivity index (χ1) is 8.24. The molecule has 0 saturated heterocycles. The highest BCUT2D eigenvalue weighted by Gasteiger charge is 2.30. The summed E-state index contributed by atoms with van der Waals surface area (Å²) in [4.78, 5) is 1.27. The molecule has 0 radical (unpaired) electrons. The zero-order chi connectivity index (χ0) is 13.9. The number of nitrogens with zero attached hydrogens (tertiary/aromatic N) is 1. The summed E-state index contributed by atoms with van der Waals surface area (Å²) < 4.78 is 38.0. The van der Waals surface area contributed by atoms with Gasteiger partial charge >= 0.3 is 6.18 Å². The van der Waals surface area contributed by atoms with Crippen LogP contribution in [0.2, 0.25) is 0 Å². The molecule has 0 amide bonds. The molecular formula is C12H16BrF3N2. The van der Waals surface area contributed by atoms with Crippen LogP contribution in [0, 0.1) is 0 Å². The molecule has 1 rings (SSSR count). The number of rotatable bonds is 4. The highest BCUT2D eigenvalue weighted by Crippen LogP contribution is 2.31. The van der Waals surface area contributed by atoms with Gasteiger partial charge in [0.15, 0.2) is 0 Å². The molecule has 0 fully saturated rings. The van der Waals surface area contributed by atoms with Gasteiger partial charge in [-0.3, -0.25) is 0 Å². The molecule has 0 aliphatic heterocycles. The van der Waals surface area contributed by atoms with Crippen molar-refractivity contribution in [2.24, 2.45) is 5.73 Å². The first-order valence-electron chi connectivity index (χ1n) is 5.61. The maximum atomic E-state index is 12.4. The fourth-order valence-electron chi connectivity index (χ4n) is 1.65. The summed E-state index contributed by atoms with van der Waals surface area (Å²) in [7, 11) is 0. The Hall–Kier alpha value is -0.750. The average Bonchev–Trinajstić information content (AvgIpc) is 2.24. The number of hydrogen-bond acceptors (Lipinski definition) is 2. The van der Waals surface area contributed by atoms with Crippen molar-refractivity contribution in [3.63, 3.8) is 0 Å². The third-order valence-electron chi connectivity index (χ3n) is 2.59. The second kappa shape index (κ2) is 5.93. The standard InChI is InChI=1S/C12H16BrF3N2/c1-3-18(7-12(14,15)16)11-5-4-9(8(2)17)6-10(11)13/h4-6,8H,3,7,17H2,1-2H3/t8-/m0/s1. The van der Waals surface area contributed by atoms with E-state index < -0.39 is 12.7 Å². The number of anilines is 1. The minimum absolute atomic E-state index is 0.145. The quantitative estimate of drug-likeness (QED) is 0.911. The molecule has 0 aliphatic carbocycles.